The van der Waals surface area contributed by atoms with E-state index in [-0.39, 0.29) is 18.6 Å². The maximum atomic E-state index is 12.1. The number of aromatic nitrogens is 1. The molecule has 1 aliphatic rings. The van der Waals surface area contributed by atoms with Crippen LogP contribution < -0.4 is 0 Å². The van der Waals surface area contributed by atoms with E-state index >= 15 is 0 Å². The molecular weight excluding hydrogens is 228 g/mol. The first kappa shape index (κ1) is 11.5. The Balaban J connectivity index is 2.16. The summed E-state index contributed by atoms with van der Waals surface area (Å²) in [6, 6.07) is 1.54. The number of halogens is 1. The van der Waals surface area contributed by atoms with Crippen molar-refractivity contribution in [3.05, 3.63) is 23.0 Å². The van der Waals surface area contributed by atoms with E-state index in [0.29, 0.717) is 23.2 Å². The van der Waals surface area contributed by atoms with Gasteiger partial charge < -0.3 is 15.0 Å². The number of amides is 1. The normalized spacial score (nSPS) is 25.1. The molecule has 1 aromatic rings. The topological polar surface area (TPSA) is 56.3 Å². The molecule has 0 aromatic carbocycles. The van der Waals surface area contributed by atoms with Gasteiger partial charge in [-0.2, -0.15) is 0 Å². The van der Waals surface area contributed by atoms with Crippen molar-refractivity contribution in [1.29, 1.82) is 0 Å². The fourth-order valence-electron chi connectivity index (χ4n) is 2.18. The molecule has 0 bridgehead atoms. The summed E-state index contributed by atoms with van der Waals surface area (Å²) in [6.45, 7) is 2.76. The van der Waals surface area contributed by atoms with E-state index in [1.807, 2.05) is 0 Å². The number of hydrogen-bond donors (Lipinski definition) is 2. The smallest absolute Gasteiger partial charge is 0.270 e. The van der Waals surface area contributed by atoms with Crippen LogP contribution in [0.2, 0.25) is 5.02 Å². The van der Waals surface area contributed by atoms with Gasteiger partial charge >= 0.3 is 0 Å². The molecule has 2 heterocycles. The Morgan fingerprint density at radius 2 is 2.50 bits per heavy atom. The second-order valence-corrected chi connectivity index (χ2v) is 4.68. The van der Waals surface area contributed by atoms with Crippen LogP contribution in [0.4, 0.5) is 0 Å². The van der Waals surface area contributed by atoms with Crippen LogP contribution in [0.1, 0.15) is 23.8 Å². The van der Waals surface area contributed by atoms with Crippen molar-refractivity contribution in [2.45, 2.75) is 19.4 Å². The lowest BCUT2D eigenvalue weighted by atomic mass is 10.0. The Morgan fingerprint density at radius 1 is 1.75 bits per heavy atom. The molecule has 4 nitrogen and oxygen atoms in total. The molecule has 0 radical (unpaired) electrons. The Bertz CT molecular complexity index is 391. The lowest BCUT2D eigenvalue weighted by Gasteiger charge is -2.24. The quantitative estimate of drug-likeness (QED) is 0.826. The SMILES string of the molecule is CC1CCN(C(=O)c2cc(Cl)c[nH]2)C1CO. The number of carbonyl (C=O) groups excluding carboxylic acids is 1. The van der Waals surface area contributed by atoms with Gasteiger partial charge in [-0.3, -0.25) is 4.79 Å². The maximum Gasteiger partial charge on any atom is 0.270 e. The molecule has 2 atom stereocenters. The third kappa shape index (κ3) is 1.95. The molecule has 16 heavy (non-hydrogen) atoms. The second-order valence-electron chi connectivity index (χ2n) is 4.25. The highest BCUT2D eigenvalue weighted by Gasteiger charge is 2.34. The van der Waals surface area contributed by atoms with Crippen molar-refractivity contribution < 1.29 is 9.90 Å². The van der Waals surface area contributed by atoms with Gasteiger partial charge in [-0.15, -0.1) is 0 Å². The van der Waals surface area contributed by atoms with Gasteiger partial charge in [-0.05, 0) is 18.4 Å². The summed E-state index contributed by atoms with van der Waals surface area (Å²) < 4.78 is 0. The number of nitrogens with one attached hydrogen (secondary N) is 1. The van der Waals surface area contributed by atoms with Crippen molar-refractivity contribution in [3.63, 3.8) is 0 Å². The lowest BCUT2D eigenvalue weighted by molar-refractivity contribution is 0.0643. The minimum Gasteiger partial charge on any atom is -0.394 e. The number of likely N-dealkylation sites (tertiary alicyclic amines) is 1. The zero-order valence-electron chi connectivity index (χ0n) is 9.11. The highest BCUT2D eigenvalue weighted by molar-refractivity contribution is 6.30. The van der Waals surface area contributed by atoms with Crippen LogP contribution in [0.3, 0.4) is 0 Å². The zero-order chi connectivity index (χ0) is 11.7. The minimum absolute atomic E-state index is 0.0152. The van der Waals surface area contributed by atoms with Crippen LogP contribution in [0.25, 0.3) is 0 Å². The van der Waals surface area contributed by atoms with E-state index in [4.69, 9.17) is 11.6 Å². The van der Waals surface area contributed by atoms with Crippen molar-refractivity contribution >= 4 is 17.5 Å². The highest BCUT2D eigenvalue weighted by Crippen LogP contribution is 2.25. The van der Waals surface area contributed by atoms with Gasteiger partial charge in [-0.1, -0.05) is 18.5 Å². The molecule has 2 unspecified atom stereocenters. The summed E-state index contributed by atoms with van der Waals surface area (Å²) in [4.78, 5) is 16.7. The number of nitrogens with zero attached hydrogens (tertiary/aromatic N) is 1. The van der Waals surface area contributed by atoms with E-state index in [0.717, 1.165) is 6.42 Å². The number of rotatable bonds is 2. The molecule has 1 amide bonds. The standard InChI is InChI=1S/C11H15ClN2O2/c1-7-2-3-14(10(7)6-15)11(16)9-4-8(12)5-13-9/h4-5,7,10,13,15H,2-3,6H2,1H3. The molecule has 0 aliphatic carbocycles. The highest BCUT2D eigenvalue weighted by atomic mass is 35.5. The van der Waals surface area contributed by atoms with Gasteiger partial charge in [0.15, 0.2) is 0 Å². The average molecular weight is 243 g/mol. The van der Waals surface area contributed by atoms with Crippen LogP contribution in [0.5, 0.6) is 0 Å². The van der Waals surface area contributed by atoms with Crippen LogP contribution in [-0.2, 0) is 0 Å². The molecule has 88 valence electrons. The second kappa shape index (κ2) is 4.47. The van der Waals surface area contributed by atoms with E-state index in [2.05, 4.69) is 11.9 Å². The lowest BCUT2D eigenvalue weighted by Crippen LogP contribution is -2.39. The molecule has 5 heteroatoms. The number of aromatic amines is 1. The number of aliphatic hydroxyl groups is 1. The van der Waals surface area contributed by atoms with Gasteiger partial charge in [0.2, 0.25) is 0 Å². The number of carbonyl (C=O) groups is 1. The summed E-state index contributed by atoms with van der Waals surface area (Å²) >= 11 is 5.76. The van der Waals surface area contributed by atoms with E-state index in [1.165, 1.54) is 0 Å². The predicted octanol–water partition coefficient (Wildman–Crippen LogP) is 1.51. The van der Waals surface area contributed by atoms with E-state index < -0.39 is 0 Å². The average Bonchev–Trinajstić information content (AvgIpc) is 2.83. The van der Waals surface area contributed by atoms with Gasteiger partial charge in [-0.25, -0.2) is 0 Å². The molecule has 1 fully saturated rings. The summed E-state index contributed by atoms with van der Waals surface area (Å²) in [5, 5.41) is 9.80. The van der Waals surface area contributed by atoms with Gasteiger partial charge in [0.05, 0.1) is 17.7 Å². The molecule has 1 saturated heterocycles. The molecule has 0 saturated carbocycles. The van der Waals surface area contributed by atoms with E-state index in [9.17, 15) is 9.90 Å². The van der Waals surface area contributed by atoms with Crippen molar-refractivity contribution in [2.75, 3.05) is 13.2 Å². The number of hydrogen-bond acceptors (Lipinski definition) is 2. The summed E-state index contributed by atoms with van der Waals surface area (Å²) in [6.07, 6.45) is 2.52. The van der Waals surface area contributed by atoms with Crippen LogP contribution in [0, 0.1) is 5.92 Å². The zero-order valence-corrected chi connectivity index (χ0v) is 9.87. The Labute approximate surface area is 99.2 Å². The summed E-state index contributed by atoms with van der Waals surface area (Å²) in [7, 11) is 0. The summed E-state index contributed by atoms with van der Waals surface area (Å²) in [5.74, 6) is 0.259. The third-order valence-corrected chi connectivity index (χ3v) is 3.43. The number of aliphatic hydroxyl groups excluding tert-OH is 1. The Kier molecular flexibility index (Phi) is 3.21. The molecular formula is C11H15ClN2O2. The van der Waals surface area contributed by atoms with Gasteiger partial charge in [0, 0.05) is 12.7 Å². The fraction of sp³-hybridized carbons (Fsp3) is 0.545. The number of H-pyrrole nitrogens is 1. The van der Waals surface area contributed by atoms with Crippen molar-refractivity contribution in [1.82, 2.24) is 9.88 Å². The Morgan fingerprint density at radius 3 is 3.06 bits per heavy atom. The van der Waals surface area contributed by atoms with Crippen LogP contribution in [0.15, 0.2) is 12.3 Å². The van der Waals surface area contributed by atoms with Crippen molar-refractivity contribution in [3.8, 4) is 0 Å². The van der Waals surface area contributed by atoms with Crippen LogP contribution >= 0.6 is 11.6 Å². The van der Waals surface area contributed by atoms with Crippen LogP contribution in [-0.4, -0.2) is 40.1 Å². The first-order chi connectivity index (χ1) is 7.63. The minimum atomic E-state index is -0.0877. The first-order valence-electron chi connectivity index (χ1n) is 5.39. The largest absolute Gasteiger partial charge is 0.394 e. The van der Waals surface area contributed by atoms with E-state index in [1.54, 1.807) is 17.2 Å². The Hall–Kier alpha value is -1.00. The molecule has 1 aromatic heterocycles. The third-order valence-electron chi connectivity index (χ3n) is 3.21. The van der Waals surface area contributed by atoms with Gasteiger partial charge in [0.1, 0.15) is 5.69 Å². The molecule has 0 spiro atoms. The molecule has 1 aliphatic heterocycles. The fourth-order valence-corrected chi connectivity index (χ4v) is 2.35. The molecule has 2 N–H and O–H groups in total. The maximum absolute atomic E-state index is 12.1. The predicted molar refractivity (Wildman–Crippen MR) is 61.5 cm³/mol. The monoisotopic (exact) mass is 242 g/mol. The van der Waals surface area contributed by atoms with Crippen molar-refractivity contribution in [2.24, 2.45) is 5.92 Å². The molecule has 2 rings (SSSR count). The first-order valence-corrected chi connectivity index (χ1v) is 5.77. The van der Waals surface area contributed by atoms with Gasteiger partial charge in [0.25, 0.3) is 5.91 Å². The summed E-state index contributed by atoms with van der Waals surface area (Å²) in [5.41, 5.74) is 0.484.